The van der Waals surface area contributed by atoms with E-state index in [1.165, 1.54) is 0 Å². The van der Waals surface area contributed by atoms with Gasteiger partial charge in [0.15, 0.2) is 11.6 Å². The minimum absolute atomic E-state index is 0.207. The van der Waals surface area contributed by atoms with Gasteiger partial charge in [0.2, 0.25) is 0 Å². The van der Waals surface area contributed by atoms with Crippen molar-refractivity contribution in [2.75, 3.05) is 6.54 Å². The summed E-state index contributed by atoms with van der Waals surface area (Å²) in [7, 11) is 0. The number of benzene rings is 1. The minimum Gasteiger partial charge on any atom is -0.328 e. The number of halogens is 4. The number of hydrogen-bond donors (Lipinski definition) is 1. The Morgan fingerprint density at radius 2 is 1.64 bits per heavy atom. The highest BCUT2D eigenvalue weighted by atomic mass is 19.2. The number of hydrogen-bond acceptors (Lipinski definition) is 1. The lowest BCUT2D eigenvalue weighted by Crippen LogP contribution is -2.18. The number of alkyl halides is 1. The Balaban J connectivity index is 2.92. The first-order valence-corrected chi connectivity index (χ1v) is 4.02. The monoisotopic (exact) mass is 207 g/mol. The maximum atomic E-state index is 12.9. The van der Waals surface area contributed by atoms with Gasteiger partial charge in [0.1, 0.15) is 12.0 Å². The maximum Gasteiger partial charge on any atom is 0.161 e. The largest absolute Gasteiger partial charge is 0.328 e. The first-order valence-electron chi connectivity index (χ1n) is 4.02. The Hall–Kier alpha value is -1.10. The van der Waals surface area contributed by atoms with Gasteiger partial charge in [0, 0.05) is 19.0 Å². The molecule has 1 rings (SSSR count). The van der Waals surface area contributed by atoms with Crippen molar-refractivity contribution in [3.63, 3.8) is 0 Å². The molecule has 1 aromatic carbocycles. The van der Waals surface area contributed by atoms with E-state index in [0.29, 0.717) is 12.1 Å². The van der Waals surface area contributed by atoms with Gasteiger partial charge in [-0.3, -0.25) is 0 Å². The van der Waals surface area contributed by atoms with E-state index in [1.54, 1.807) is 0 Å². The molecule has 2 N–H and O–H groups in total. The van der Waals surface area contributed by atoms with E-state index in [0.717, 1.165) is 0 Å². The van der Waals surface area contributed by atoms with Crippen LogP contribution in [0.15, 0.2) is 12.1 Å². The Morgan fingerprint density at radius 3 is 2.21 bits per heavy atom. The van der Waals surface area contributed by atoms with Crippen molar-refractivity contribution in [2.24, 2.45) is 5.73 Å². The van der Waals surface area contributed by atoms with Gasteiger partial charge in [-0.05, 0) is 11.6 Å². The molecule has 0 heterocycles. The van der Waals surface area contributed by atoms with Gasteiger partial charge in [0.05, 0.1) is 0 Å². The molecule has 1 nitrogen and oxygen atoms in total. The van der Waals surface area contributed by atoms with Crippen LogP contribution in [0.3, 0.4) is 0 Å². The van der Waals surface area contributed by atoms with Crippen LogP contribution in [-0.2, 0) is 6.42 Å². The second-order valence-electron chi connectivity index (χ2n) is 2.89. The highest BCUT2D eigenvalue weighted by molar-refractivity contribution is 5.20. The summed E-state index contributed by atoms with van der Waals surface area (Å²) in [4.78, 5) is 0. The molecule has 0 amide bonds. The fraction of sp³-hybridized carbons (Fsp3) is 0.333. The van der Waals surface area contributed by atoms with Crippen LogP contribution in [0.2, 0.25) is 0 Å². The van der Waals surface area contributed by atoms with Crippen molar-refractivity contribution in [1.29, 1.82) is 0 Å². The summed E-state index contributed by atoms with van der Waals surface area (Å²) in [5, 5.41) is 0. The highest BCUT2D eigenvalue weighted by Gasteiger charge is 2.13. The molecular weight excluding hydrogens is 198 g/mol. The third-order valence-corrected chi connectivity index (χ3v) is 1.79. The van der Waals surface area contributed by atoms with Crippen LogP contribution >= 0.6 is 0 Å². The van der Waals surface area contributed by atoms with Gasteiger partial charge in [-0.25, -0.2) is 17.6 Å². The van der Waals surface area contributed by atoms with Crippen molar-refractivity contribution in [3.8, 4) is 0 Å². The molecule has 0 aliphatic heterocycles. The summed E-state index contributed by atoms with van der Waals surface area (Å²) in [5.74, 6) is -3.43. The lowest BCUT2D eigenvalue weighted by atomic mass is 10.1. The zero-order chi connectivity index (χ0) is 10.7. The molecule has 0 aromatic heterocycles. The van der Waals surface area contributed by atoms with E-state index in [4.69, 9.17) is 5.73 Å². The predicted molar refractivity (Wildman–Crippen MR) is 44.0 cm³/mol. The van der Waals surface area contributed by atoms with E-state index in [2.05, 4.69) is 0 Å². The average molecular weight is 207 g/mol. The van der Waals surface area contributed by atoms with Crippen LogP contribution in [-0.4, -0.2) is 12.7 Å². The summed E-state index contributed by atoms with van der Waals surface area (Å²) in [5.41, 5.74) is 4.77. The number of rotatable bonds is 3. The maximum absolute atomic E-state index is 12.9. The van der Waals surface area contributed by atoms with Crippen LogP contribution < -0.4 is 5.73 Å². The third kappa shape index (κ3) is 2.45. The van der Waals surface area contributed by atoms with Crippen LogP contribution in [0.5, 0.6) is 0 Å². The van der Waals surface area contributed by atoms with Gasteiger partial charge in [-0.1, -0.05) is 0 Å². The lowest BCUT2D eigenvalue weighted by molar-refractivity contribution is 0.335. The molecule has 0 bridgehead atoms. The molecule has 0 aliphatic carbocycles. The van der Waals surface area contributed by atoms with Crippen LogP contribution in [0.1, 0.15) is 5.56 Å². The molecule has 0 spiro atoms. The van der Waals surface area contributed by atoms with Gasteiger partial charge < -0.3 is 5.73 Å². The molecule has 1 atom stereocenters. The Bertz CT molecular complexity index is 327. The molecule has 0 aliphatic rings. The summed E-state index contributed by atoms with van der Waals surface area (Å²) < 4.78 is 50.7. The Kier molecular flexibility index (Phi) is 3.46. The molecule has 78 valence electrons. The van der Waals surface area contributed by atoms with Crippen molar-refractivity contribution < 1.29 is 17.6 Å². The minimum atomic E-state index is -1.45. The average Bonchev–Trinajstić information content (AvgIpc) is 2.14. The SMILES string of the molecule is NCC(F)Cc1cc(F)c(F)cc1F. The van der Waals surface area contributed by atoms with Gasteiger partial charge in [-0.15, -0.1) is 0 Å². The molecule has 0 fully saturated rings. The molecule has 14 heavy (non-hydrogen) atoms. The first kappa shape index (κ1) is 11.0. The molecule has 5 heteroatoms. The first-order chi connectivity index (χ1) is 6.54. The zero-order valence-electron chi connectivity index (χ0n) is 7.24. The fourth-order valence-electron chi connectivity index (χ4n) is 1.04. The third-order valence-electron chi connectivity index (χ3n) is 1.79. The predicted octanol–water partition coefficient (Wildman–Crippen LogP) is 1.94. The smallest absolute Gasteiger partial charge is 0.161 e. The van der Waals surface area contributed by atoms with Crippen LogP contribution in [0, 0.1) is 17.5 Å². The molecule has 0 saturated carbocycles. The topological polar surface area (TPSA) is 26.0 Å². The van der Waals surface area contributed by atoms with Crippen LogP contribution in [0.4, 0.5) is 17.6 Å². The van der Waals surface area contributed by atoms with Crippen molar-refractivity contribution in [3.05, 3.63) is 35.1 Å². The molecule has 0 saturated heterocycles. The molecular formula is C9H9F4N. The summed E-state index contributed by atoms with van der Waals surface area (Å²) in [6.45, 7) is -0.279. The van der Waals surface area contributed by atoms with Gasteiger partial charge in [-0.2, -0.15) is 0 Å². The van der Waals surface area contributed by atoms with E-state index in [-0.39, 0.29) is 18.5 Å². The van der Waals surface area contributed by atoms with Crippen LogP contribution in [0.25, 0.3) is 0 Å². The highest BCUT2D eigenvalue weighted by Crippen LogP contribution is 2.15. The zero-order valence-corrected chi connectivity index (χ0v) is 7.24. The van der Waals surface area contributed by atoms with Gasteiger partial charge >= 0.3 is 0 Å². The van der Waals surface area contributed by atoms with E-state index in [1.807, 2.05) is 0 Å². The quantitative estimate of drug-likeness (QED) is 0.595. The van der Waals surface area contributed by atoms with E-state index < -0.39 is 23.6 Å². The van der Waals surface area contributed by atoms with E-state index in [9.17, 15) is 17.6 Å². The molecule has 1 aromatic rings. The normalized spacial score (nSPS) is 12.9. The summed E-state index contributed by atoms with van der Waals surface area (Å²) >= 11 is 0. The molecule has 1 unspecified atom stereocenters. The second-order valence-corrected chi connectivity index (χ2v) is 2.89. The Morgan fingerprint density at radius 1 is 1.07 bits per heavy atom. The fourth-order valence-corrected chi connectivity index (χ4v) is 1.04. The van der Waals surface area contributed by atoms with Crippen molar-refractivity contribution >= 4 is 0 Å². The second kappa shape index (κ2) is 4.41. The van der Waals surface area contributed by atoms with E-state index >= 15 is 0 Å². The lowest BCUT2D eigenvalue weighted by Gasteiger charge is -2.06. The van der Waals surface area contributed by atoms with Crippen molar-refractivity contribution in [2.45, 2.75) is 12.6 Å². The molecule has 0 radical (unpaired) electrons. The van der Waals surface area contributed by atoms with Crippen molar-refractivity contribution in [1.82, 2.24) is 0 Å². The summed E-state index contributed by atoms with van der Waals surface area (Å²) in [6, 6.07) is 1.04. The van der Waals surface area contributed by atoms with Gasteiger partial charge in [0.25, 0.3) is 0 Å². The standard InChI is InChI=1S/C9H9F4N/c10-6(4-14)1-5-2-8(12)9(13)3-7(5)11/h2-3,6H,1,4,14H2. The Labute approximate surface area is 78.5 Å². The summed E-state index contributed by atoms with van der Waals surface area (Å²) in [6.07, 6.45) is -1.80. The number of nitrogens with two attached hydrogens (primary N) is 1.